The van der Waals surface area contributed by atoms with Gasteiger partial charge in [-0.05, 0) is 40.2 Å². The zero-order valence-corrected chi connectivity index (χ0v) is 14.0. The Morgan fingerprint density at radius 1 is 1.24 bits per heavy atom. The number of carbonyl (C=O) groups is 1. The van der Waals surface area contributed by atoms with Crippen LogP contribution in [0, 0.1) is 0 Å². The fraction of sp³-hybridized carbons (Fsp3) is 0.0714. The number of nitrogen functional groups attached to an aromatic ring is 1. The fourth-order valence-electron chi connectivity index (χ4n) is 1.71. The Balaban J connectivity index is 2.33. The zero-order chi connectivity index (χ0) is 15.6. The van der Waals surface area contributed by atoms with Crippen LogP contribution in [0.25, 0.3) is 0 Å². The van der Waals surface area contributed by atoms with E-state index in [9.17, 15) is 4.79 Å². The van der Waals surface area contributed by atoms with E-state index in [0.29, 0.717) is 37.2 Å². The second-order valence-electron chi connectivity index (χ2n) is 4.16. The first-order chi connectivity index (χ1) is 9.92. The summed E-state index contributed by atoms with van der Waals surface area (Å²) in [4.78, 5) is 12.3. The number of anilines is 2. The van der Waals surface area contributed by atoms with E-state index in [1.54, 1.807) is 24.3 Å². The van der Waals surface area contributed by atoms with Crippen LogP contribution in [-0.4, -0.2) is 13.0 Å². The van der Waals surface area contributed by atoms with Gasteiger partial charge in [0.2, 0.25) is 0 Å². The molecule has 2 aromatic rings. The van der Waals surface area contributed by atoms with Crippen LogP contribution in [0.2, 0.25) is 10.0 Å². The first-order valence-electron chi connectivity index (χ1n) is 5.81. The van der Waals surface area contributed by atoms with Gasteiger partial charge < -0.3 is 15.8 Å². The average molecular weight is 390 g/mol. The van der Waals surface area contributed by atoms with E-state index < -0.39 is 0 Å². The van der Waals surface area contributed by atoms with Crippen LogP contribution in [0.5, 0.6) is 5.75 Å². The molecule has 0 spiro atoms. The van der Waals surface area contributed by atoms with Crippen molar-refractivity contribution >= 4 is 56.4 Å². The van der Waals surface area contributed by atoms with Crippen molar-refractivity contribution in [3.05, 3.63) is 50.4 Å². The summed E-state index contributed by atoms with van der Waals surface area (Å²) in [5.41, 5.74) is 7.12. The lowest BCUT2D eigenvalue weighted by Crippen LogP contribution is -2.13. The smallest absolute Gasteiger partial charge is 0.255 e. The fourth-order valence-corrected chi connectivity index (χ4v) is 2.56. The molecule has 0 bridgehead atoms. The Labute approximate surface area is 140 Å². The second kappa shape index (κ2) is 6.56. The predicted octanol–water partition coefficient (Wildman–Crippen LogP) is 4.60. The molecule has 3 N–H and O–H groups in total. The van der Waals surface area contributed by atoms with Crippen molar-refractivity contribution in [1.82, 2.24) is 0 Å². The molecule has 0 fully saturated rings. The first kappa shape index (κ1) is 15.9. The topological polar surface area (TPSA) is 64.3 Å². The molecule has 2 aromatic carbocycles. The van der Waals surface area contributed by atoms with Gasteiger partial charge in [0.15, 0.2) is 0 Å². The molecule has 0 unspecified atom stereocenters. The number of hydrogen-bond donors (Lipinski definition) is 2. The normalized spacial score (nSPS) is 10.3. The number of halogens is 3. The quantitative estimate of drug-likeness (QED) is 0.754. The highest BCUT2D eigenvalue weighted by molar-refractivity contribution is 9.10. The van der Waals surface area contributed by atoms with Gasteiger partial charge in [0.05, 0.1) is 22.8 Å². The molecule has 0 radical (unpaired) electrons. The van der Waals surface area contributed by atoms with Crippen molar-refractivity contribution in [1.29, 1.82) is 0 Å². The molecule has 0 aliphatic rings. The summed E-state index contributed by atoms with van der Waals surface area (Å²) in [5, 5.41) is 3.45. The van der Waals surface area contributed by atoms with Gasteiger partial charge in [-0.25, -0.2) is 0 Å². The number of nitrogens with one attached hydrogen (secondary N) is 1. The largest absolute Gasteiger partial charge is 0.494 e. The highest BCUT2D eigenvalue weighted by Gasteiger charge is 2.14. The minimum atomic E-state index is -0.336. The molecule has 4 nitrogen and oxygen atoms in total. The summed E-state index contributed by atoms with van der Waals surface area (Å²) < 4.78 is 5.83. The molecular weight excluding hydrogens is 379 g/mol. The van der Waals surface area contributed by atoms with Crippen molar-refractivity contribution in [3.8, 4) is 5.75 Å². The molecule has 0 aromatic heterocycles. The van der Waals surface area contributed by atoms with E-state index in [1.165, 1.54) is 13.2 Å². The molecule has 0 atom stereocenters. The molecule has 7 heteroatoms. The second-order valence-corrected chi connectivity index (χ2v) is 5.83. The molecule has 1 amide bonds. The minimum Gasteiger partial charge on any atom is -0.494 e. The number of carbonyl (C=O) groups excluding carboxylic acids is 1. The standard InChI is InChI=1S/C14H11BrCl2N2O2/c1-21-12-6-8(18)5-9(15)13(12)19-14(20)7-2-3-10(16)11(17)4-7/h2-6H,18H2,1H3,(H,19,20). The van der Waals surface area contributed by atoms with Gasteiger partial charge in [-0.15, -0.1) is 0 Å². The van der Waals surface area contributed by atoms with E-state index >= 15 is 0 Å². The van der Waals surface area contributed by atoms with Crippen LogP contribution >= 0.6 is 39.1 Å². The highest BCUT2D eigenvalue weighted by Crippen LogP contribution is 2.35. The number of hydrogen-bond acceptors (Lipinski definition) is 3. The maximum atomic E-state index is 12.3. The van der Waals surface area contributed by atoms with Crippen molar-refractivity contribution in [2.75, 3.05) is 18.2 Å². The van der Waals surface area contributed by atoms with Gasteiger partial charge >= 0.3 is 0 Å². The summed E-state index contributed by atoms with van der Waals surface area (Å²) in [5.74, 6) is 0.118. The van der Waals surface area contributed by atoms with Crippen LogP contribution in [0.15, 0.2) is 34.8 Å². The third kappa shape index (κ3) is 3.61. The van der Waals surface area contributed by atoms with Gasteiger partial charge in [0.1, 0.15) is 5.75 Å². The van der Waals surface area contributed by atoms with Crippen molar-refractivity contribution in [2.24, 2.45) is 0 Å². The Bertz CT molecular complexity index is 708. The first-order valence-corrected chi connectivity index (χ1v) is 7.36. The van der Waals surface area contributed by atoms with E-state index in [-0.39, 0.29) is 5.91 Å². The minimum absolute atomic E-state index is 0.313. The Morgan fingerprint density at radius 3 is 2.57 bits per heavy atom. The third-order valence-electron chi connectivity index (χ3n) is 2.72. The predicted molar refractivity (Wildman–Crippen MR) is 89.5 cm³/mol. The summed E-state index contributed by atoms with van der Waals surface area (Å²) in [7, 11) is 1.50. The monoisotopic (exact) mass is 388 g/mol. The van der Waals surface area contributed by atoms with E-state index in [0.717, 1.165) is 0 Å². The number of methoxy groups -OCH3 is 1. The molecule has 110 valence electrons. The molecule has 0 aliphatic carbocycles. The van der Waals surface area contributed by atoms with Crippen LogP contribution < -0.4 is 15.8 Å². The molecule has 0 saturated heterocycles. The average Bonchev–Trinajstić information content (AvgIpc) is 2.44. The summed E-state index contributed by atoms with van der Waals surface area (Å²) in [6.07, 6.45) is 0. The van der Waals surface area contributed by atoms with Crippen LogP contribution in [0.1, 0.15) is 10.4 Å². The van der Waals surface area contributed by atoms with Crippen LogP contribution in [-0.2, 0) is 0 Å². The Hall–Kier alpha value is -1.43. The zero-order valence-electron chi connectivity index (χ0n) is 10.9. The molecule has 0 aliphatic heterocycles. The molecule has 2 rings (SSSR count). The van der Waals surface area contributed by atoms with Crippen molar-refractivity contribution in [2.45, 2.75) is 0 Å². The number of amides is 1. The molecule has 0 saturated carbocycles. The molecular formula is C14H11BrCl2N2O2. The molecule has 21 heavy (non-hydrogen) atoms. The highest BCUT2D eigenvalue weighted by atomic mass is 79.9. The summed E-state index contributed by atoms with van der Waals surface area (Å²) in [6.45, 7) is 0. The summed E-state index contributed by atoms with van der Waals surface area (Å²) >= 11 is 15.1. The van der Waals surface area contributed by atoms with Crippen molar-refractivity contribution in [3.63, 3.8) is 0 Å². The maximum absolute atomic E-state index is 12.3. The van der Waals surface area contributed by atoms with Crippen LogP contribution in [0.3, 0.4) is 0 Å². The Kier molecular flexibility index (Phi) is 4.98. The van der Waals surface area contributed by atoms with Gasteiger partial charge in [0.25, 0.3) is 5.91 Å². The lowest BCUT2D eigenvalue weighted by Gasteiger charge is -2.13. The van der Waals surface area contributed by atoms with Crippen LogP contribution in [0.4, 0.5) is 11.4 Å². The SMILES string of the molecule is COc1cc(N)cc(Br)c1NC(=O)c1ccc(Cl)c(Cl)c1. The van der Waals surface area contributed by atoms with Gasteiger partial charge in [-0.2, -0.15) is 0 Å². The number of nitrogens with two attached hydrogens (primary N) is 1. The lowest BCUT2D eigenvalue weighted by atomic mass is 10.2. The molecule has 0 heterocycles. The van der Waals surface area contributed by atoms with Gasteiger partial charge in [0, 0.05) is 21.8 Å². The van der Waals surface area contributed by atoms with Gasteiger partial charge in [-0.1, -0.05) is 23.2 Å². The third-order valence-corrected chi connectivity index (χ3v) is 4.08. The van der Waals surface area contributed by atoms with Gasteiger partial charge in [-0.3, -0.25) is 4.79 Å². The maximum Gasteiger partial charge on any atom is 0.255 e. The van der Waals surface area contributed by atoms with E-state index in [2.05, 4.69) is 21.2 Å². The number of benzene rings is 2. The summed E-state index contributed by atoms with van der Waals surface area (Å²) in [6, 6.07) is 7.94. The lowest BCUT2D eigenvalue weighted by molar-refractivity contribution is 0.102. The number of ether oxygens (including phenoxy) is 1. The van der Waals surface area contributed by atoms with E-state index in [4.69, 9.17) is 33.7 Å². The Morgan fingerprint density at radius 2 is 1.95 bits per heavy atom. The van der Waals surface area contributed by atoms with E-state index in [1.807, 2.05) is 0 Å². The number of rotatable bonds is 3. The van der Waals surface area contributed by atoms with Crippen molar-refractivity contribution < 1.29 is 9.53 Å².